The fraction of sp³-hybridized carbons (Fsp3) is 0.304. The molecule has 2 rings (SSSR count). The van der Waals surface area contributed by atoms with Gasteiger partial charge in [-0.3, -0.25) is 4.79 Å². The van der Waals surface area contributed by atoms with E-state index in [0.717, 1.165) is 23.1 Å². The van der Waals surface area contributed by atoms with Crippen LogP contribution < -0.4 is 0 Å². The molecule has 0 aromatic heterocycles. The monoisotopic (exact) mass is 410 g/mol. The van der Waals surface area contributed by atoms with Crippen LogP contribution in [0.4, 0.5) is 0 Å². The molecule has 0 unspecified atom stereocenters. The number of hydrogen-bond acceptors (Lipinski definition) is 3. The van der Waals surface area contributed by atoms with E-state index in [1.165, 1.54) is 0 Å². The fourth-order valence-corrected chi connectivity index (χ4v) is 5.16. The molecule has 6 heteroatoms. The molecule has 0 bridgehead atoms. The summed E-state index contributed by atoms with van der Waals surface area (Å²) >= 11 is 0. The molecule has 29 heavy (non-hydrogen) atoms. The van der Waals surface area contributed by atoms with Crippen LogP contribution in [0.1, 0.15) is 42.0 Å². The third kappa shape index (κ3) is 5.59. The number of ketones is 1. The molecule has 0 aliphatic carbocycles. The van der Waals surface area contributed by atoms with Gasteiger partial charge in [0.1, 0.15) is 0 Å². The van der Waals surface area contributed by atoms with E-state index < -0.39 is 20.7 Å². The van der Waals surface area contributed by atoms with Gasteiger partial charge < -0.3 is 5.53 Å². The minimum absolute atomic E-state index is 0.0278. The maximum absolute atomic E-state index is 13.0. The predicted octanol–water partition coefficient (Wildman–Crippen LogP) is 4.55. The van der Waals surface area contributed by atoms with Gasteiger partial charge in [-0.05, 0) is 57.2 Å². The number of carbonyl (C=O) groups excluding carboxylic acids is 1. The summed E-state index contributed by atoms with van der Waals surface area (Å²) in [6.45, 7) is 7.17. The van der Waals surface area contributed by atoms with Crippen LogP contribution >= 0.6 is 0 Å². The van der Waals surface area contributed by atoms with Crippen molar-refractivity contribution in [3.8, 4) is 0 Å². The highest BCUT2D eigenvalue weighted by molar-refractivity contribution is 8.08. The van der Waals surface area contributed by atoms with Crippen LogP contribution in [-0.2, 0) is 21.1 Å². The molecule has 0 spiro atoms. The van der Waals surface area contributed by atoms with E-state index in [0.29, 0.717) is 17.5 Å². The molecule has 0 saturated carbocycles. The van der Waals surface area contributed by atoms with Crippen molar-refractivity contribution in [3.63, 3.8) is 0 Å². The number of allylic oxidation sites excluding steroid dienone is 2. The Morgan fingerprint density at radius 2 is 1.66 bits per heavy atom. The third-order valence-electron chi connectivity index (χ3n) is 4.65. The number of benzene rings is 2. The van der Waals surface area contributed by atoms with Gasteiger partial charge in [0.25, 0.3) is 15.6 Å². The lowest BCUT2D eigenvalue weighted by Gasteiger charge is -2.09. The lowest BCUT2D eigenvalue weighted by atomic mass is 10.0. The third-order valence-corrected chi connectivity index (χ3v) is 6.65. The van der Waals surface area contributed by atoms with Crippen LogP contribution in [0.25, 0.3) is 5.53 Å². The standard InChI is InChI=1S/C23H26N2O3S/c1-16(15-20-10-6-5-7-11-20)9-8-12-21(26)23(25-24)29(27,28)22-18(3)13-17(2)14-19(22)4/h5-7,9-11,13-14H,8,12,15H2,1-4H3/b16-9-. The maximum Gasteiger partial charge on any atom is 0.451 e. The smallest absolute Gasteiger partial charge is 0.360 e. The molecule has 0 saturated heterocycles. The van der Waals surface area contributed by atoms with Crippen LogP contribution in [0.15, 0.2) is 59.0 Å². The molecule has 2 aromatic carbocycles. The van der Waals surface area contributed by atoms with Gasteiger partial charge in [0.05, 0.1) is 4.90 Å². The summed E-state index contributed by atoms with van der Waals surface area (Å²) in [4.78, 5) is 15.4. The first kappa shape index (κ1) is 22.5. The summed E-state index contributed by atoms with van der Waals surface area (Å²) in [7, 11) is -4.20. The van der Waals surface area contributed by atoms with E-state index in [9.17, 15) is 18.7 Å². The van der Waals surface area contributed by atoms with Crippen molar-refractivity contribution < 1.29 is 18.0 Å². The van der Waals surface area contributed by atoms with E-state index >= 15 is 0 Å². The average molecular weight is 411 g/mol. The summed E-state index contributed by atoms with van der Waals surface area (Å²) in [5.74, 6) is -0.698. The SMILES string of the molecule is C/C(=C/CCC(=O)C(=[N+]=[N-])S(=O)(=O)c1c(C)cc(C)cc1C)Cc1ccccc1. The van der Waals surface area contributed by atoms with Crippen LogP contribution in [0, 0.1) is 20.8 Å². The van der Waals surface area contributed by atoms with Crippen LogP contribution in [-0.4, -0.2) is 24.0 Å². The van der Waals surface area contributed by atoms with Crippen molar-refractivity contribution in [2.45, 2.75) is 51.9 Å². The normalized spacial score (nSPS) is 11.8. The zero-order valence-electron chi connectivity index (χ0n) is 17.3. The largest absolute Gasteiger partial charge is 0.451 e. The molecule has 0 aliphatic rings. The Balaban J connectivity index is 2.15. The molecule has 152 valence electrons. The molecular formula is C23H26N2O3S. The Bertz CT molecular complexity index is 1070. The summed E-state index contributed by atoms with van der Waals surface area (Å²) in [5, 5.41) is -0.804. The number of rotatable bonds is 7. The second-order valence-corrected chi connectivity index (χ2v) is 9.11. The van der Waals surface area contributed by atoms with E-state index in [-0.39, 0.29) is 11.3 Å². The van der Waals surface area contributed by atoms with Crippen molar-refractivity contribution in [1.82, 2.24) is 0 Å². The minimum Gasteiger partial charge on any atom is -0.360 e. The topological polar surface area (TPSA) is 87.6 Å². The molecular weight excluding hydrogens is 384 g/mol. The highest BCUT2D eigenvalue weighted by Crippen LogP contribution is 2.24. The second-order valence-electron chi connectivity index (χ2n) is 7.31. The molecule has 0 N–H and O–H groups in total. The molecule has 0 amide bonds. The number of aryl methyl sites for hydroxylation is 3. The molecule has 2 aromatic rings. The molecule has 0 radical (unpaired) electrons. The highest BCUT2D eigenvalue weighted by atomic mass is 32.2. The van der Waals surface area contributed by atoms with Crippen LogP contribution in [0.5, 0.6) is 0 Å². The summed E-state index contributed by atoms with van der Waals surface area (Å²) in [5.41, 5.74) is 13.5. The van der Waals surface area contributed by atoms with Gasteiger partial charge in [0, 0.05) is 6.42 Å². The molecule has 0 aliphatic heterocycles. The van der Waals surface area contributed by atoms with Gasteiger partial charge in [0.15, 0.2) is 0 Å². The molecule has 0 atom stereocenters. The molecule has 0 heterocycles. The summed E-state index contributed by atoms with van der Waals surface area (Å²) in [6.07, 6.45) is 3.00. The second kappa shape index (κ2) is 9.59. The minimum atomic E-state index is -4.20. The Morgan fingerprint density at radius 1 is 1.07 bits per heavy atom. The predicted molar refractivity (Wildman–Crippen MR) is 115 cm³/mol. The first-order valence-corrected chi connectivity index (χ1v) is 10.9. The summed E-state index contributed by atoms with van der Waals surface area (Å²) in [6, 6.07) is 13.4. The van der Waals surface area contributed by atoms with E-state index in [2.05, 4.69) is 4.79 Å². The summed E-state index contributed by atoms with van der Waals surface area (Å²) < 4.78 is 25.9. The van der Waals surface area contributed by atoms with Crippen molar-refractivity contribution in [1.29, 1.82) is 0 Å². The van der Waals surface area contributed by atoms with Crippen molar-refractivity contribution in [2.75, 3.05) is 0 Å². The lowest BCUT2D eigenvalue weighted by Crippen LogP contribution is -2.27. The van der Waals surface area contributed by atoms with Gasteiger partial charge in [-0.15, -0.1) is 4.79 Å². The van der Waals surface area contributed by atoms with Gasteiger partial charge in [-0.25, -0.2) is 8.42 Å². The lowest BCUT2D eigenvalue weighted by molar-refractivity contribution is -0.116. The van der Waals surface area contributed by atoms with Gasteiger partial charge in [0.2, 0.25) is 0 Å². The van der Waals surface area contributed by atoms with Crippen LogP contribution in [0.3, 0.4) is 0 Å². The van der Waals surface area contributed by atoms with Crippen molar-refractivity contribution in [2.24, 2.45) is 0 Å². The van der Waals surface area contributed by atoms with E-state index in [4.69, 9.17) is 0 Å². The average Bonchev–Trinajstić information content (AvgIpc) is 2.61. The Labute approximate surface area is 172 Å². The molecule has 5 nitrogen and oxygen atoms in total. The first-order chi connectivity index (χ1) is 13.7. The van der Waals surface area contributed by atoms with Gasteiger partial charge in [-0.2, -0.15) is 0 Å². The maximum atomic E-state index is 13.0. The number of nitrogens with zero attached hydrogens (tertiary/aromatic N) is 2. The zero-order valence-corrected chi connectivity index (χ0v) is 18.1. The van der Waals surface area contributed by atoms with E-state index in [1.807, 2.05) is 50.3 Å². The molecule has 0 fully saturated rings. The Kier molecular flexibility index (Phi) is 7.43. The number of Topliss-reactive ketones (excluding diaryl/α,β-unsaturated/α-hetero) is 1. The van der Waals surface area contributed by atoms with Gasteiger partial charge in [-0.1, -0.05) is 59.7 Å². The highest BCUT2D eigenvalue weighted by Gasteiger charge is 2.38. The number of carbonyl (C=O) groups is 1. The fourth-order valence-electron chi connectivity index (χ4n) is 3.49. The Morgan fingerprint density at radius 3 is 2.21 bits per heavy atom. The number of sulfone groups is 1. The van der Waals surface area contributed by atoms with E-state index in [1.54, 1.807) is 26.0 Å². The number of hydrogen-bond donors (Lipinski definition) is 0. The van der Waals surface area contributed by atoms with Crippen molar-refractivity contribution >= 4 is 20.7 Å². The first-order valence-electron chi connectivity index (χ1n) is 9.44. The van der Waals surface area contributed by atoms with Crippen molar-refractivity contribution in [3.05, 3.63) is 81.9 Å². The zero-order chi connectivity index (χ0) is 21.6. The van der Waals surface area contributed by atoms with Crippen LogP contribution in [0.2, 0.25) is 0 Å². The Hall–Kier alpha value is -2.82. The quantitative estimate of drug-likeness (QED) is 0.220. The van der Waals surface area contributed by atoms with Gasteiger partial charge >= 0.3 is 5.04 Å².